The first-order chi connectivity index (χ1) is 7.46. The van der Waals surface area contributed by atoms with Gasteiger partial charge in [0.15, 0.2) is 9.84 Å². The first kappa shape index (κ1) is 11.4. The van der Waals surface area contributed by atoms with Gasteiger partial charge < -0.3 is 10.2 Å². The van der Waals surface area contributed by atoms with Crippen LogP contribution in [0.5, 0.6) is 0 Å². The Kier molecular flexibility index (Phi) is 2.88. The first-order valence-corrected chi connectivity index (χ1v) is 7.03. The Labute approximate surface area is 93.9 Å². The Morgan fingerprint density at radius 2 is 2.12 bits per heavy atom. The molecule has 6 nitrogen and oxygen atoms in total. The predicted molar refractivity (Wildman–Crippen MR) is 56.4 cm³/mol. The van der Waals surface area contributed by atoms with E-state index in [0.717, 1.165) is 0 Å². The van der Waals surface area contributed by atoms with Crippen LogP contribution in [0.2, 0.25) is 0 Å². The smallest absolute Gasteiger partial charge is 0.242 e. The van der Waals surface area contributed by atoms with Crippen LogP contribution in [0.25, 0.3) is 0 Å². The minimum atomic E-state index is -2.92. The molecule has 7 heteroatoms. The number of hydrogen-bond donors (Lipinski definition) is 1. The van der Waals surface area contributed by atoms with E-state index in [1.807, 2.05) is 0 Å². The zero-order valence-electron chi connectivity index (χ0n) is 8.81. The van der Waals surface area contributed by atoms with E-state index in [0.29, 0.717) is 13.0 Å². The van der Waals surface area contributed by atoms with Crippen molar-refractivity contribution in [2.24, 2.45) is 5.92 Å². The maximum absolute atomic E-state index is 11.5. The Bertz CT molecular complexity index is 417. The fourth-order valence-corrected chi connectivity index (χ4v) is 3.95. The monoisotopic (exact) mass is 246 g/mol. The summed E-state index contributed by atoms with van der Waals surface area (Å²) in [5, 5.41) is 2.45. The molecule has 0 bridgehead atoms. The van der Waals surface area contributed by atoms with Gasteiger partial charge in [0.25, 0.3) is 0 Å². The average molecular weight is 246 g/mol. The Hall–Kier alpha value is -1.11. The van der Waals surface area contributed by atoms with Crippen molar-refractivity contribution in [3.63, 3.8) is 0 Å². The van der Waals surface area contributed by atoms with Crippen molar-refractivity contribution >= 4 is 21.7 Å². The molecule has 1 atom stereocenters. The van der Waals surface area contributed by atoms with Crippen molar-refractivity contribution < 1.29 is 18.0 Å². The van der Waals surface area contributed by atoms with Gasteiger partial charge in [0.1, 0.15) is 0 Å². The van der Waals surface area contributed by atoms with Crippen molar-refractivity contribution in [1.82, 2.24) is 10.2 Å². The lowest BCUT2D eigenvalue weighted by molar-refractivity contribution is -0.141. The van der Waals surface area contributed by atoms with Crippen molar-refractivity contribution in [3.8, 4) is 0 Å². The second-order valence-electron chi connectivity index (χ2n) is 4.32. The highest BCUT2D eigenvalue weighted by molar-refractivity contribution is 7.91. The molecule has 0 aromatic carbocycles. The lowest BCUT2D eigenvalue weighted by atomic mass is 10.1. The van der Waals surface area contributed by atoms with E-state index < -0.39 is 9.84 Å². The summed E-state index contributed by atoms with van der Waals surface area (Å²) in [4.78, 5) is 24.0. The minimum Gasteiger partial charge on any atom is -0.345 e. The van der Waals surface area contributed by atoms with Crippen LogP contribution in [-0.4, -0.2) is 56.3 Å². The number of nitrogens with zero attached hydrogens (tertiary/aromatic N) is 1. The summed E-state index contributed by atoms with van der Waals surface area (Å²) in [5.74, 6) is 0.00815. The fourth-order valence-electron chi connectivity index (χ4n) is 2.10. The molecule has 16 heavy (non-hydrogen) atoms. The normalized spacial score (nSPS) is 29.2. The van der Waals surface area contributed by atoms with Crippen molar-refractivity contribution in [1.29, 1.82) is 0 Å². The van der Waals surface area contributed by atoms with Crippen LogP contribution in [0, 0.1) is 5.92 Å². The van der Waals surface area contributed by atoms with Crippen LogP contribution in [-0.2, 0) is 19.4 Å². The highest BCUT2D eigenvalue weighted by Gasteiger charge is 2.32. The second kappa shape index (κ2) is 4.04. The molecule has 0 saturated carbocycles. The lowest BCUT2D eigenvalue weighted by Gasteiger charge is -2.28. The van der Waals surface area contributed by atoms with Crippen LogP contribution >= 0.6 is 0 Å². The average Bonchev–Trinajstić information content (AvgIpc) is 2.52. The van der Waals surface area contributed by atoms with Crippen LogP contribution in [0.1, 0.15) is 6.42 Å². The molecule has 0 radical (unpaired) electrons. The number of amides is 2. The largest absolute Gasteiger partial charge is 0.345 e. The zero-order valence-corrected chi connectivity index (χ0v) is 9.62. The number of piperazine rings is 1. The maximum atomic E-state index is 11.5. The molecule has 2 fully saturated rings. The molecule has 2 amide bonds. The zero-order chi connectivity index (χ0) is 11.8. The number of carbonyl (C=O) groups is 2. The van der Waals surface area contributed by atoms with Gasteiger partial charge in [0, 0.05) is 6.54 Å². The topological polar surface area (TPSA) is 83.6 Å². The van der Waals surface area contributed by atoms with E-state index >= 15 is 0 Å². The molecule has 2 heterocycles. The van der Waals surface area contributed by atoms with Gasteiger partial charge >= 0.3 is 0 Å². The number of rotatable bonds is 2. The molecular weight excluding hydrogens is 232 g/mol. The molecule has 2 aliphatic rings. The molecule has 0 spiro atoms. The van der Waals surface area contributed by atoms with Gasteiger partial charge in [0.05, 0.1) is 24.6 Å². The number of hydrogen-bond acceptors (Lipinski definition) is 4. The molecule has 0 aliphatic carbocycles. The predicted octanol–water partition coefficient (Wildman–Crippen LogP) is -1.62. The molecule has 0 aromatic rings. The Morgan fingerprint density at radius 3 is 2.75 bits per heavy atom. The summed E-state index contributed by atoms with van der Waals surface area (Å²) in [5.41, 5.74) is 0. The molecule has 0 aromatic heterocycles. The molecule has 90 valence electrons. The molecule has 2 aliphatic heterocycles. The quantitative estimate of drug-likeness (QED) is 0.634. The number of sulfone groups is 1. The van der Waals surface area contributed by atoms with Crippen molar-refractivity contribution in [2.45, 2.75) is 6.42 Å². The van der Waals surface area contributed by atoms with E-state index in [4.69, 9.17) is 0 Å². The third-order valence-electron chi connectivity index (χ3n) is 2.93. The van der Waals surface area contributed by atoms with Crippen LogP contribution in [0.15, 0.2) is 0 Å². The van der Waals surface area contributed by atoms with E-state index in [1.54, 1.807) is 0 Å². The number of carbonyl (C=O) groups excluding carboxylic acids is 2. The summed E-state index contributed by atoms with van der Waals surface area (Å²) < 4.78 is 22.5. The third kappa shape index (κ3) is 2.52. The SMILES string of the molecule is O=C1CN(CC2CCS(=O)(=O)C2)C(=O)CN1. The standard InChI is InChI=1S/C9H14N2O4S/c12-8-5-11(9(13)3-10-8)4-7-1-2-16(14,15)6-7/h7H,1-6H2,(H,10,12). The van der Waals surface area contributed by atoms with Gasteiger partial charge in [-0.1, -0.05) is 0 Å². The van der Waals surface area contributed by atoms with Crippen molar-refractivity contribution in [2.75, 3.05) is 31.1 Å². The Morgan fingerprint density at radius 1 is 1.38 bits per heavy atom. The first-order valence-electron chi connectivity index (χ1n) is 5.21. The number of nitrogens with one attached hydrogen (secondary N) is 1. The summed E-state index contributed by atoms with van der Waals surface area (Å²) >= 11 is 0. The van der Waals surface area contributed by atoms with Gasteiger partial charge in [-0.25, -0.2) is 8.42 Å². The second-order valence-corrected chi connectivity index (χ2v) is 6.55. The van der Waals surface area contributed by atoms with Gasteiger partial charge in [-0.2, -0.15) is 0 Å². The third-order valence-corrected chi connectivity index (χ3v) is 4.77. The van der Waals surface area contributed by atoms with Crippen LogP contribution in [0.4, 0.5) is 0 Å². The van der Waals surface area contributed by atoms with Gasteiger partial charge in [-0.15, -0.1) is 0 Å². The molecule has 1 unspecified atom stereocenters. The highest BCUT2D eigenvalue weighted by Crippen LogP contribution is 2.19. The fraction of sp³-hybridized carbons (Fsp3) is 0.778. The highest BCUT2D eigenvalue weighted by atomic mass is 32.2. The Balaban J connectivity index is 1.94. The van der Waals surface area contributed by atoms with E-state index in [1.165, 1.54) is 4.90 Å². The van der Waals surface area contributed by atoms with Gasteiger partial charge in [-0.05, 0) is 12.3 Å². The molecule has 2 saturated heterocycles. The van der Waals surface area contributed by atoms with E-state index in [-0.39, 0.29) is 42.3 Å². The summed E-state index contributed by atoms with van der Waals surface area (Å²) in [6, 6.07) is 0. The van der Waals surface area contributed by atoms with E-state index in [9.17, 15) is 18.0 Å². The van der Waals surface area contributed by atoms with Crippen LogP contribution < -0.4 is 5.32 Å². The minimum absolute atomic E-state index is 0.0140. The molecule has 2 rings (SSSR count). The lowest BCUT2D eigenvalue weighted by Crippen LogP contribution is -2.52. The summed E-state index contributed by atoms with van der Waals surface area (Å²) in [7, 11) is -2.92. The maximum Gasteiger partial charge on any atom is 0.242 e. The van der Waals surface area contributed by atoms with E-state index in [2.05, 4.69) is 5.32 Å². The van der Waals surface area contributed by atoms with Crippen molar-refractivity contribution in [3.05, 3.63) is 0 Å². The van der Waals surface area contributed by atoms with Crippen LogP contribution in [0.3, 0.4) is 0 Å². The molecular formula is C9H14N2O4S. The summed E-state index contributed by atoms with van der Waals surface area (Å²) in [6.45, 7) is 0.458. The molecule has 1 N–H and O–H groups in total. The van der Waals surface area contributed by atoms with Gasteiger partial charge in [-0.3, -0.25) is 9.59 Å². The summed E-state index contributed by atoms with van der Waals surface area (Å²) in [6.07, 6.45) is 0.591. The van der Waals surface area contributed by atoms with Gasteiger partial charge in [0.2, 0.25) is 11.8 Å².